The SMILES string of the molecule is [Li+].[O-]c1ccccc1-c1cc(-c2ccccc2)c2ccc3c(-c4ccccc4)cc(-c4cccc(-c5ccc6c7ccccc7c7ccccc7c6c5)n4)nc3c2[nH+]1. The molecular weight excluding hydrogens is 702 g/mol. The van der Waals surface area contributed by atoms with Gasteiger partial charge in [0, 0.05) is 28.1 Å². The van der Waals surface area contributed by atoms with Crippen molar-refractivity contribution in [3.63, 3.8) is 0 Å². The largest absolute Gasteiger partial charge is 1.00 e. The van der Waals surface area contributed by atoms with Crippen molar-refractivity contribution in [1.29, 1.82) is 0 Å². The Morgan fingerprint density at radius 2 is 0.879 bits per heavy atom. The average Bonchev–Trinajstić information content (AvgIpc) is 3.29. The van der Waals surface area contributed by atoms with Crippen LogP contribution in [0.15, 0.2) is 194 Å². The Hall–Kier alpha value is -7.09. The first-order chi connectivity index (χ1) is 28.2. The van der Waals surface area contributed by atoms with E-state index in [9.17, 15) is 5.11 Å². The summed E-state index contributed by atoms with van der Waals surface area (Å²) >= 11 is 0. The van der Waals surface area contributed by atoms with E-state index in [0.717, 1.165) is 72.4 Å². The molecule has 1 N–H and O–H groups in total. The minimum Gasteiger partial charge on any atom is -0.872 e. The fourth-order valence-electron chi connectivity index (χ4n) is 8.52. The summed E-state index contributed by atoms with van der Waals surface area (Å²) in [5.41, 5.74) is 10.7. The van der Waals surface area contributed by atoms with Gasteiger partial charge in [0.1, 0.15) is 5.52 Å². The summed E-state index contributed by atoms with van der Waals surface area (Å²) in [6.45, 7) is 0. The van der Waals surface area contributed by atoms with Gasteiger partial charge in [-0.15, -0.1) is 0 Å². The van der Waals surface area contributed by atoms with Crippen molar-refractivity contribution in [1.82, 2.24) is 9.97 Å². The van der Waals surface area contributed by atoms with E-state index in [0.29, 0.717) is 5.56 Å². The molecule has 3 aromatic heterocycles. The Kier molecular flexibility index (Phi) is 8.80. The number of aromatic amines is 1. The van der Waals surface area contributed by atoms with Gasteiger partial charge in [0.15, 0.2) is 0 Å². The number of nitrogens with zero attached hydrogens (tertiary/aromatic N) is 2. The fraction of sp³-hybridized carbons (Fsp3) is 0. The van der Waals surface area contributed by atoms with Crippen molar-refractivity contribution in [3.8, 4) is 61.9 Å². The molecule has 0 unspecified atom stereocenters. The maximum Gasteiger partial charge on any atom is 1.00 e. The second-order valence-electron chi connectivity index (χ2n) is 14.5. The molecule has 0 atom stereocenters. The molecular formula is C53H33LiN3O+. The van der Waals surface area contributed by atoms with Crippen LogP contribution in [-0.2, 0) is 0 Å². The van der Waals surface area contributed by atoms with Crippen molar-refractivity contribution in [2.24, 2.45) is 0 Å². The summed E-state index contributed by atoms with van der Waals surface area (Å²) in [6.07, 6.45) is 0. The number of hydrogen-bond donors (Lipinski definition) is 0. The van der Waals surface area contributed by atoms with Gasteiger partial charge < -0.3 is 5.11 Å². The zero-order valence-corrected chi connectivity index (χ0v) is 31.8. The number of hydrogen-bond acceptors (Lipinski definition) is 3. The van der Waals surface area contributed by atoms with Crippen LogP contribution in [0.25, 0.3) is 110 Å². The van der Waals surface area contributed by atoms with Crippen LogP contribution in [-0.4, -0.2) is 9.97 Å². The van der Waals surface area contributed by atoms with Gasteiger partial charge in [0.25, 0.3) is 0 Å². The number of para-hydroxylation sites is 1. The van der Waals surface area contributed by atoms with E-state index < -0.39 is 0 Å². The molecule has 0 radical (unpaired) electrons. The van der Waals surface area contributed by atoms with Crippen molar-refractivity contribution in [3.05, 3.63) is 194 Å². The predicted molar refractivity (Wildman–Crippen MR) is 233 cm³/mol. The van der Waals surface area contributed by atoms with E-state index >= 15 is 0 Å². The van der Waals surface area contributed by atoms with E-state index in [1.807, 2.05) is 42.5 Å². The van der Waals surface area contributed by atoms with Crippen LogP contribution >= 0.6 is 0 Å². The molecule has 0 aliphatic carbocycles. The standard InChI is InChI=1S/C53H33N3O.Li/c57-51-25-12-11-22-43(51)49-31-44(33-14-3-1-4-15-33)41-28-29-42-45(34-16-5-2-6-17-34)32-50(56-53(42)52(41)55-49)48-24-13-23-47(54-48)35-26-27-40-38-20-8-7-18-36(38)37-19-9-10-21-39(37)46(40)30-35;/h1-32,57H;/q;+1. The van der Waals surface area contributed by atoms with Crippen LogP contribution in [0.3, 0.4) is 0 Å². The van der Waals surface area contributed by atoms with Crippen LogP contribution < -0.4 is 29.0 Å². The van der Waals surface area contributed by atoms with E-state index in [4.69, 9.17) is 9.97 Å². The molecule has 0 saturated carbocycles. The molecule has 0 fully saturated rings. The van der Waals surface area contributed by atoms with Gasteiger partial charge in [0.2, 0.25) is 11.2 Å². The molecule has 0 aliphatic rings. The Bertz CT molecular complexity index is 3330. The summed E-state index contributed by atoms with van der Waals surface area (Å²) < 4.78 is 0. The molecule has 0 aliphatic heterocycles. The molecule has 4 nitrogen and oxygen atoms in total. The number of nitrogens with one attached hydrogen (secondary N) is 1. The molecule has 0 bridgehead atoms. The molecule has 58 heavy (non-hydrogen) atoms. The first-order valence-electron chi connectivity index (χ1n) is 19.2. The summed E-state index contributed by atoms with van der Waals surface area (Å²) in [5, 5.41) is 22.7. The summed E-state index contributed by atoms with van der Waals surface area (Å²) in [6, 6.07) is 66.7. The minimum absolute atomic E-state index is 0. The molecule has 0 saturated heterocycles. The van der Waals surface area contributed by atoms with Crippen molar-refractivity contribution in [2.45, 2.75) is 0 Å². The summed E-state index contributed by atoms with van der Waals surface area (Å²) in [5.74, 6) is -0.0399. The van der Waals surface area contributed by atoms with Gasteiger partial charge >= 0.3 is 18.9 Å². The molecule has 11 rings (SSSR count). The average molecular weight is 735 g/mol. The Balaban J connectivity index is 0.00000408. The van der Waals surface area contributed by atoms with E-state index in [1.165, 1.54) is 32.3 Å². The zero-order chi connectivity index (χ0) is 37.9. The Morgan fingerprint density at radius 1 is 0.345 bits per heavy atom. The molecule has 3 heterocycles. The maximum atomic E-state index is 13.2. The molecule has 0 spiro atoms. The number of pyridine rings is 3. The van der Waals surface area contributed by atoms with Gasteiger partial charge in [-0.2, -0.15) is 0 Å². The van der Waals surface area contributed by atoms with Crippen molar-refractivity contribution in [2.75, 3.05) is 0 Å². The molecule has 8 aromatic carbocycles. The fourth-order valence-corrected chi connectivity index (χ4v) is 8.52. The quantitative estimate of drug-likeness (QED) is 0.131. The van der Waals surface area contributed by atoms with Crippen LogP contribution in [0.2, 0.25) is 0 Å². The molecule has 266 valence electrons. The zero-order valence-electron chi connectivity index (χ0n) is 31.8. The van der Waals surface area contributed by atoms with Gasteiger partial charge in [-0.05, 0) is 85.4 Å². The van der Waals surface area contributed by atoms with Crippen LogP contribution in [0.1, 0.15) is 0 Å². The van der Waals surface area contributed by atoms with Crippen molar-refractivity contribution < 1.29 is 29.0 Å². The number of fused-ring (bicyclic) bond motifs is 9. The monoisotopic (exact) mass is 734 g/mol. The maximum absolute atomic E-state index is 13.2. The second kappa shape index (κ2) is 14.4. The summed E-state index contributed by atoms with van der Waals surface area (Å²) in [4.78, 5) is 14.4. The van der Waals surface area contributed by atoms with Crippen LogP contribution in [0, 0.1) is 0 Å². The number of H-pyrrole nitrogens is 1. The van der Waals surface area contributed by atoms with Crippen LogP contribution in [0.5, 0.6) is 5.75 Å². The third-order valence-electron chi connectivity index (χ3n) is 11.2. The van der Waals surface area contributed by atoms with Gasteiger partial charge in [-0.1, -0.05) is 157 Å². The normalized spacial score (nSPS) is 11.4. The van der Waals surface area contributed by atoms with Gasteiger partial charge in [-0.25, -0.2) is 15.0 Å². The second-order valence-corrected chi connectivity index (χ2v) is 14.5. The predicted octanol–water partition coefficient (Wildman–Crippen LogP) is 9.47. The van der Waals surface area contributed by atoms with E-state index in [2.05, 4.69) is 145 Å². The third kappa shape index (κ3) is 5.90. The van der Waals surface area contributed by atoms with E-state index in [1.54, 1.807) is 12.1 Å². The van der Waals surface area contributed by atoms with Gasteiger partial charge in [0.05, 0.1) is 22.5 Å². The topological polar surface area (TPSA) is 63.0 Å². The van der Waals surface area contributed by atoms with Gasteiger partial charge in [-0.3, -0.25) is 0 Å². The third-order valence-corrected chi connectivity index (χ3v) is 11.2. The molecule has 0 amide bonds. The first kappa shape index (κ1) is 35.3. The Labute approximate surface area is 347 Å². The number of rotatable bonds is 5. The van der Waals surface area contributed by atoms with Crippen molar-refractivity contribution >= 4 is 54.1 Å². The molecule has 11 aromatic rings. The van der Waals surface area contributed by atoms with E-state index in [-0.39, 0.29) is 24.6 Å². The Morgan fingerprint density at radius 3 is 1.55 bits per heavy atom. The number of benzene rings is 8. The smallest absolute Gasteiger partial charge is 0.872 e. The van der Waals surface area contributed by atoms with Crippen LogP contribution in [0.4, 0.5) is 0 Å². The summed E-state index contributed by atoms with van der Waals surface area (Å²) in [7, 11) is 0. The number of aromatic nitrogens is 3. The first-order valence-corrected chi connectivity index (χ1v) is 19.2. The molecule has 5 heteroatoms. The minimum atomic E-state index is -0.0399.